The molecule has 1 aromatic heterocycles. The Morgan fingerprint density at radius 1 is 1.53 bits per heavy atom. The van der Waals surface area contributed by atoms with Gasteiger partial charge in [0.25, 0.3) is 0 Å². The molecule has 19 heavy (non-hydrogen) atoms. The van der Waals surface area contributed by atoms with Gasteiger partial charge in [0.2, 0.25) is 0 Å². The Morgan fingerprint density at radius 3 is 3.16 bits per heavy atom. The monoisotopic (exact) mass is 322 g/mol. The lowest BCUT2D eigenvalue weighted by Gasteiger charge is -2.20. The lowest BCUT2D eigenvalue weighted by Crippen LogP contribution is -2.35. The van der Waals surface area contributed by atoms with Gasteiger partial charge in [-0.05, 0) is 43.1 Å². The van der Waals surface area contributed by atoms with Crippen LogP contribution in [0.1, 0.15) is 18.4 Å². The normalized spacial score (nSPS) is 20.2. The van der Waals surface area contributed by atoms with Crippen LogP contribution in [0.2, 0.25) is 0 Å². The van der Waals surface area contributed by atoms with Crippen molar-refractivity contribution >= 4 is 32.8 Å². The molecule has 0 spiro atoms. The second kappa shape index (κ2) is 4.98. The van der Waals surface area contributed by atoms with Crippen LogP contribution < -0.4 is 0 Å². The molecule has 1 fully saturated rings. The molecule has 4 nitrogen and oxygen atoms in total. The van der Waals surface area contributed by atoms with E-state index < -0.39 is 5.97 Å². The smallest absolute Gasteiger partial charge is 0.320 e. The highest BCUT2D eigenvalue weighted by molar-refractivity contribution is 9.10. The van der Waals surface area contributed by atoms with Crippen molar-refractivity contribution in [2.24, 2.45) is 0 Å². The number of hydrogen-bond donors (Lipinski definition) is 2. The minimum atomic E-state index is -0.710. The van der Waals surface area contributed by atoms with Crippen molar-refractivity contribution in [2.45, 2.75) is 25.4 Å². The minimum absolute atomic E-state index is 0.336. The second-order valence-corrected chi connectivity index (χ2v) is 5.89. The van der Waals surface area contributed by atoms with E-state index in [0.29, 0.717) is 6.54 Å². The first-order chi connectivity index (χ1) is 9.15. The zero-order valence-corrected chi connectivity index (χ0v) is 12.0. The number of likely N-dealkylation sites (tertiary alicyclic amines) is 1. The van der Waals surface area contributed by atoms with E-state index in [1.54, 1.807) is 0 Å². The summed E-state index contributed by atoms with van der Waals surface area (Å²) >= 11 is 3.48. The number of halogens is 1. The van der Waals surface area contributed by atoms with Crippen molar-refractivity contribution in [2.75, 3.05) is 6.54 Å². The molecule has 0 radical (unpaired) electrons. The third-order valence-electron chi connectivity index (χ3n) is 3.75. The number of nitrogens with zero attached hydrogens (tertiary/aromatic N) is 1. The van der Waals surface area contributed by atoms with Crippen LogP contribution in [0.5, 0.6) is 0 Å². The van der Waals surface area contributed by atoms with Crippen molar-refractivity contribution in [1.29, 1.82) is 0 Å². The number of aliphatic carboxylic acids is 1. The van der Waals surface area contributed by atoms with E-state index in [9.17, 15) is 9.90 Å². The van der Waals surface area contributed by atoms with E-state index in [4.69, 9.17) is 0 Å². The van der Waals surface area contributed by atoms with Gasteiger partial charge in [-0.15, -0.1) is 0 Å². The average Bonchev–Trinajstić information content (AvgIpc) is 2.97. The van der Waals surface area contributed by atoms with E-state index in [0.717, 1.165) is 40.3 Å². The van der Waals surface area contributed by atoms with Crippen LogP contribution in [-0.2, 0) is 11.3 Å². The molecule has 1 aliphatic heterocycles. The maximum Gasteiger partial charge on any atom is 0.320 e. The highest BCUT2D eigenvalue weighted by Crippen LogP contribution is 2.26. The van der Waals surface area contributed by atoms with Crippen LogP contribution in [0.4, 0.5) is 0 Å². The number of fused-ring (bicyclic) bond motifs is 1. The predicted octanol–water partition coefficient (Wildman–Crippen LogP) is 2.98. The van der Waals surface area contributed by atoms with Crippen LogP contribution in [0.25, 0.3) is 10.9 Å². The van der Waals surface area contributed by atoms with Gasteiger partial charge in [0.1, 0.15) is 6.04 Å². The zero-order chi connectivity index (χ0) is 13.4. The van der Waals surface area contributed by atoms with Crippen molar-refractivity contribution in [1.82, 2.24) is 9.88 Å². The fourth-order valence-corrected chi connectivity index (χ4v) is 3.16. The molecule has 0 aliphatic carbocycles. The molecule has 2 heterocycles. The number of carboxylic acids is 1. The van der Waals surface area contributed by atoms with Crippen molar-refractivity contribution < 1.29 is 9.90 Å². The lowest BCUT2D eigenvalue weighted by atomic mass is 10.1. The van der Waals surface area contributed by atoms with Crippen LogP contribution in [0.3, 0.4) is 0 Å². The molecule has 3 rings (SSSR count). The summed E-state index contributed by atoms with van der Waals surface area (Å²) in [4.78, 5) is 16.5. The maximum absolute atomic E-state index is 11.2. The number of benzene rings is 1. The largest absolute Gasteiger partial charge is 0.480 e. The molecular weight excluding hydrogens is 308 g/mol. The first kappa shape index (κ1) is 12.7. The third kappa shape index (κ3) is 2.40. The summed E-state index contributed by atoms with van der Waals surface area (Å²) < 4.78 is 1.04. The number of carbonyl (C=O) groups is 1. The number of hydrogen-bond acceptors (Lipinski definition) is 2. The molecule has 0 amide bonds. The number of nitrogens with one attached hydrogen (secondary N) is 1. The lowest BCUT2D eigenvalue weighted by molar-refractivity contribution is -0.142. The quantitative estimate of drug-likeness (QED) is 0.913. The van der Waals surface area contributed by atoms with Gasteiger partial charge in [0, 0.05) is 28.1 Å². The number of carboxylic acid groups (broad SMARTS) is 1. The summed E-state index contributed by atoms with van der Waals surface area (Å²) in [6, 6.07) is 5.77. The molecule has 5 heteroatoms. The highest BCUT2D eigenvalue weighted by atomic mass is 79.9. The van der Waals surface area contributed by atoms with Gasteiger partial charge in [-0.3, -0.25) is 9.69 Å². The van der Waals surface area contributed by atoms with E-state index in [1.165, 1.54) is 0 Å². The number of H-pyrrole nitrogens is 1. The summed E-state index contributed by atoms with van der Waals surface area (Å²) in [5, 5.41) is 10.4. The Hall–Kier alpha value is -1.33. The van der Waals surface area contributed by atoms with Gasteiger partial charge in [0.15, 0.2) is 0 Å². The molecule has 0 saturated carbocycles. The second-order valence-electron chi connectivity index (χ2n) is 4.97. The molecule has 1 aliphatic rings. The average molecular weight is 323 g/mol. The van der Waals surface area contributed by atoms with Crippen LogP contribution >= 0.6 is 15.9 Å². The molecule has 1 aromatic carbocycles. The number of rotatable bonds is 3. The topological polar surface area (TPSA) is 56.3 Å². The fraction of sp³-hybridized carbons (Fsp3) is 0.357. The van der Waals surface area contributed by atoms with Crippen LogP contribution in [0.15, 0.2) is 28.9 Å². The van der Waals surface area contributed by atoms with Crippen LogP contribution in [-0.4, -0.2) is 33.5 Å². The maximum atomic E-state index is 11.2. The first-order valence-electron chi connectivity index (χ1n) is 6.37. The first-order valence-corrected chi connectivity index (χ1v) is 7.17. The fourth-order valence-electron chi connectivity index (χ4n) is 2.80. The van der Waals surface area contributed by atoms with Crippen LogP contribution in [0, 0.1) is 0 Å². The molecule has 1 atom stereocenters. The summed E-state index contributed by atoms with van der Waals surface area (Å²) in [6.45, 7) is 1.55. The SMILES string of the molecule is O=C(O)C1CCCN1Cc1c[nH]c2ccc(Br)cc12. The highest BCUT2D eigenvalue weighted by Gasteiger charge is 2.30. The molecule has 1 saturated heterocycles. The van der Waals surface area contributed by atoms with E-state index in [2.05, 4.69) is 27.0 Å². The van der Waals surface area contributed by atoms with Crippen molar-refractivity contribution in [3.63, 3.8) is 0 Å². The van der Waals surface area contributed by atoms with Gasteiger partial charge >= 0.3 is 5.97 Å². The minimum Gasteiger partial charge on any atom is -0.480 e. The van der Waals surface area contributed by atoms with Gasteiger partial charge in [-0.2, -0.15) is 0 Å². The Labute approximate surface area is 119 Å². The van der Waals surface area contributed by atoms with E-state index in [1.807, 2.05) is 23.2 Å². The van der Waals surface area contributed by atoms with E-state index >= 15 is 0 Å². The predicted molar refractivity (Wildman–Crippen MR) is 77.1 cm³/mol. The van der Waals surface area contributed by atoms with Crippen molar-refractivity contribution in [3.05, 3.63) is 34.4 Å². The Balaban J connectivity index is 1.89. The molecule has 1 unspecified atom stereocenters. The summed E-state index contributed by atoms with van der Waals surface area (Å²) in [7, 11) is 0. The van der Waals surface area contributed by atoms with Gasteiger partial charge in [-0.1, -0.05) is 15.9 Å². The molecule has 100 valence electrons. The Morgan fingerprint density at radius 2 is 2.37 bits per heavy atom. The van der Waals surface area contributed by atoms with Crippen molar-refractivity contribution in [3.8, 4) is 0 Å². The van der Waals surface area contributed by atoms with Gasteiger partial charge < -0.3 is 10.1 Å². The number of aromatic amines is 1. The Bertz CT molecular complexity index is 623. The summed E-state index contributed by atoms with van der Waals surface area (Å²) in [6.07, 6.45) is 3.69. The van der Waals surface area contributed by atoms with E-state index in [-0.39, 0.29) is 6.04 Å². The summed E-state index contributed by atoms with van der Waals surface area (Å²) in [5.41, 5.74) is 2.24. The third-order valence-corrected chi connectivity index (χ3v) is 4.24. The molecular formula is C14H15BrN2O2. The number of aromatic nitrogens is 1. The zero-order valence-electron chi connectivity index (χ0n) is 10.4. The van der Waals surface area contributed by atoms with Gasteiger partial charge in [-0.25, -0.2) is 0 Å². The van der Waals surface area contributed by atoms with Gasteiger partial charge in [0.05, 0.1) is 0 Å². The molecule has 0 bridgehead atoms. The summed E-state index contributed by atoms with van der Waals surface area (Å²) in [5.74, 6) is -0.710. The molecule has 2 aromatic rings. The molecule has 2 N–H and O–H groups in total. The Kier molecular flexibility index (Phi) is 3.33. The standard InChI is InChI=1S/C14H15BrN2O2/c15-10-3-4-12-11(6-10)9(7-16-12)8-17-5-1-2-13(17)14(18)19/h3-4,6-7,13,16H,1-2,5,8H2,(H,18,19).